The number of aliphatic hydroxyl groups is 1. The molecule has 7 nitrogen and oxygen atoms in total. The number of hydrogen-bond acceptors (Lipinski definition) is 6. The highest BCUT2D eigenvalue weighted by Gasteiger charge is 2.50. The Hall–Kier alpha value is -2.28. The van der Waals surface area contributed by atoms with Crippen LogP contribution in [0.5, 0.6) is 17.2 Å². The number of aliphatic carboxylic acids is 1. The first-order valence-electron chi connectivity index (χ1n) is 7.15. The van der Waals surface area contributed by atoms with E-state index < -0.39 is 23.9 Å². The van der Waals surface area contributed by atoms with Crippen molar-refractivity contribution >= 4 is 11.8 Å². The number of carbonyl (C=O) groups excluding carboxylic acids is 1. The average molecular weight is 324 g/mol. The minimum Gasteiger partial charge on any atom is -0.493 e. The molecule has 0 bridgehead atoms. The molecule has 2 atom stereocenters. The van der Waals surface area contributed by atoms with E-state index in [2.05, 4.69) is 0 Å². The minimum absolute atomic E-state index is 0.206. The average Bonchev–Trinajstić information content (AvgIpc) is 2.53. The van der Waals surface area contributed by atoms with Gasteiger partial charge in [-0.2, -0.15) is 0 Å². The van der Waals surface area contributed by atoms with Gasteiger partial charge >= 0.3 is 5.97 Å². The fraction of sp³-hybridized carbons (Fsp3) is 0.500. The van der Waals surface area contributed by atoms with Crippen molar-refractivity contribution in [2.75, 3.05) is 21.3 Å². The van der Waals surface area contributed by atoms with Crippen molar-refractivity contribution in [3.05, 3.63) is 17.7 Å². The van der Waals surface area contributed by atoms with E-state index in [4.69, 9.17) is 14.2 Å². The summed E-state index contributed by atoms with van der Waals surface area (Å²) < 4.78 is 15.9. The number of carboxylic acid groups (broad SMARTS) is 1. The standard InChI is InChI=1S/C16H20O7/c1-21-12-7-5-10(13(22-2)14(12)23-3)11-6-4-9(17)8-16(11,20)15(18)19/h5,7,11,20H,4,6,8H2,1-3H3,(H,18,19). The quantitative estimate of drug-likeness (QED) is 0.843. The van der Waals surface area contributed by atoms with Gasteiger partial charge in [0, 0.05) is 24.3 Å². The number of rotatable bonds is 5. The van der Waals surface area contributed by atoms with Gasteiger partial charge in [-0.15, -0.1) is 0 Å². The highest BCUT2D eigenvalue weighted by Crippen LogP contribution is 2.48. The van der Waals surface area contributed by atoms with E-state index >= 15 is 0 Å². The number of Topliss-reactive ketones (excluding diaryl/α,β-unsaturated/α-hetero) is 1. The summed E-state index contributed by atoms with van der Waals surface area (Å²) >= 11 is 0. The summed E-state index contributed by atoms with van der Waals surface area (Å²) in [6.45, 7) is 0. The summed E-state index contributed by atoms with van der Waals surface area (Å²) in [6, 6.07) is 3.25. The fourth-order valence-electron chi connectivity index (χ4n) is 3.09. The number of ether oxygens (including phenoxy) is 3. The molecule has 0 radical (unpaired) electrons. The smallest absolute Gasteiger partial charge is 0.336 e. The first-order valence-corrected chi connectivity index (χ1v) is 7.15. The molecule has 23 heavy (non-hydrogen) atoms. The molecule has 1 aliphatic rings. The van der Waals surface area contributed by atoms with Crippen molar-refractivity contribution in [3.8, 4) is 17.2 Å². The van der Waals surface area contributed by atoms with E-state index in [1.807, 2.05) is 0 Å². The number of benzene rings is 1. The maximum absolute atomic E-state index is 11.6. The first kappa shape index (κ1) is 17.1. The van der Waals surface area contributed by atoms with Gasteiger partial charge in [-0.25, -0.2) is 4.79 Å². The molecule has 1 saturated carbocycles. The molecule has 0 aliphatic heterocycles. The summed E-state index contributed by atoms with van der Waals surface area (Å²) in [4.78, 5) is 23.2. The Morgan fingerprint density at radius 3 is 2.35 bits per heavy atom. The highest BCUT2D eigenvalue weighted by molar-refractivity contribution is 5.90. The molecule has 1 aromatic rings. The van der Waals surface area contributed by atoms with Crippen molar-refractivity contribution < 1.29 is 34.0 Å². The van der Waals surface area contributed by atoms with Gasteiger partial charge in [-0.1, -0.05) is 6.07 Å². The largest absolute Gasteiger partial charge is 0.493 e. The monoisotopic (exact) mass is 324 g/mol. The zero-order valence-electron chi connectivity index (χ0n) is 13.3. The van der Waals surface area contributed by atoms with Crippen LogP contribution in [-0.2, 0) is 9.59 Å². The molecule has 0 spiro atoms. The van der Waals surface area contributed by atoms with E-state index in [0.29, 0.717) is 22.8 Å². The lowest BCUT2D eigenvalue weighted by Crippen LogP contribution is -2.49. The third-order valence-electron chi connectivity index (χ3n) is 4.24. The molecule has 0 aromatic heterocycles. The van der Waals surface area contributed by atoms with Crippen LogP contribution in [0.2, 0.25) is 0 Å². The summed E-state index contributed by atoms with van der Waals surface area (Å²) in [7, 11) is 4.34. The molecule has 0 heterocycles. The van der Waals surface area contributed by atoms with Gasteiger partial charge in [0.2, 0.25) is 5.75 Å². The lowest BCUT2D eigenvalue weighted by atomic mass is 9.71. The maximum Gasteiger partial charge on any atom is 0.336 e. The van der Waals surface area contributed by atoms with Gasteiger partial charge in [0.25, 0.3) is 0 Å². The van der Waals surface area contributed by atoms with Crippen LogP contribution in [0.1, 0.15) is 30.7 Å². The Kier molecular flexibility index (Phi) is 4.79. The van der Waals surface area contributed by atoms with Gasteiger partial charge in [0.15, 0.2) is 17.1 Å². The Morgan fingerprint density at radius 2 is 1.83 bits per heavy atom. The molecular formula is C16H20O7. The summed E-state index contributed by atoms with van der Waals surface area (Å²) in [5.41, 5.74) is -1.69. The second-order valence-electron chi connectivity index (χ2n) is 5.46. The Balaban J connectivity index is 2.59. The molecule has 2 unspecified atom stereocenters. The lowest BCUT2D eigenvalue weighted by Gasteiger charge is -2.36. The maximum atomic E-state index is 11.6. The molecule has 0 amide bonds. The highest BCUT2D eigenvalue weighted by atomic mass is 16.5. The normalized spacial score (nSPS) is 24.2. The fourth-order valence-corrected chi connectivity index (χ4v) is 3.09. The SMILES string of the molecule is COc1ccc(C2CCC(=O)CC2(O)C(=O)O)c(OC)c1OC. The predicted octanol–water partition coefficient (Wildman–Crippen LogP) is 1.36. The lowest BCUT2D eigenvalue weighted by molar-refractivity contribution is -0.167. The van der Waals surface area contributed by atoms with E-state index in [0.717, 1.165) is 0 Å². The van der Waals surface area contributed by atoms with Gasteiger partial charge in [0.05, 0.1) is 21.3 Å². The van der Waals surface area contributed by atoms with Crippen LogP contribution in [0.3, 0.4) is 0 Å². The van der Waals surface area contributed by atoms with Crippen LogP contribution in [0.4, 0.5) is 0 Å². The number of ketones is 1. The van der Waals surface area contributed by atoms with E-state index in [9.17, 15) is 19.8 Å². The third kappa shape index (κ3) is 2.84. The molecule has 126 valence electrons. The summed E-state index contributed by atoms with van der Waals surface area (Å²) in [6.07, 6.45) is -0.00424. The first-order chi connectivity index (χ1) is 10.9. The zero-order chi connectivity index (χ0) is 17.2. The van der Waals surface area contributed by atoms with Crippen molar-refractivity contribution in [3.63, 3.8) is 0 Å². The van der Waals surface area contributed by atoms with Gasteiger partial charge in [-0.05, 0) is 12.5 Å². The molecule has 2 rings (SSSR count). The topological polar surface area (TPSA) is 102 Å². The van der Waals surface area contributed by atoms with E-state index in [1.165, 1.54) is 21.3 Å². The molecule has 7 heteroatoms. The molecular weight excluding hydrogens is 304 g/mol. The van der Waals surface area contributed by atoms with Crippen molar-refractivity contribution in [2.45, 2.75) is 30.8 Å². The van der Waals surface area contributed by atoms with Crippen LogP contribution in [-0.4, -0.2) is 48.9 Å². The molecule has 2 N–H and O–H groups in total. The van der Waals surface area contributed by atoms with Gasteiger partial charge < -0.3 is 24.4 Å². The van der Waals surface area contributed by atoms with Gasteiger partial charge in [0.1, 0.15) is 5.78 Å². The second-order valence-corrected chi connectivity index (χ2v) is 5.46. The Bertz CT molecular complexity index is 625. The van der Waals surface area contributed by atoms with Crippen LogP contribution in [0.15, 0.2) is 12.1 Å². The van der Waals surface area contributed by atoms with E-state index in [-0.39, 0.29) is 18.6 Å². The van der Waals surface area contributed by atoms with Crippen LogP contribution in [0.25, 0.3) is 0 Å². The molecule has 1 fully saturated rings. The van der Waals surface area contributed by atoms with Crippen molar-refractivity contribution in [2.24, 2.45) is 0 Å². The van der Waals surface area contributed by atoms with Crippen LogP contribution in [0, 0.1) is 0 Å². The number of carboxylic acids is 1. The second kappa shape index (κ2) is 6.45. The zero-order valence-corrected chi connectivity index (χ0v) is 13.3. The van der Waals surface area contributed by atoms with Crippen LogP contribution >= 0.6 is 0 Å². The number of methoxy groups -OCH3 is 3. The summed E-state index contributed by atoms with van der Waals surface area (Å²) in [5, 5.41) is 20.0. The molecule has 1 aromatic carbocycles. The predicted molar refractivity (Wildman–Crippen MR) is 80.3 cm³/mol. The van der Waals surface area contributed by atoms with E-state index in [1.54, 1.807) is 12.1 Å². The van der Waals surface area contributed by atoms with Gasteiger partial charge in [-0.3, -0.25) is 4.79 Å². The Labute approximate surface area is 133 Å². The number of carbonyl (C=O) groups is 2. The minimum atomic E-state index is -2.16. The molecule has 1 aliphatic carbocycles. The van der Waals surface area contributed by atoms with Crippen molar-refractivity contribution in [1.82, 2.24) is 0 Å². The third-order valence-corrected chi connectivity index (χ3v) is 4.24. The number of hydrogen-bond donors (Lipinski definition) is 2. The molecule has 0 saturated heterocycles. The van der Waals surface area contributed by atoms with Crippen molar-refractivity contribution in [1.29, 1.82) is 0 Å². The van der Waals surface area contributed by atoms with Crippen LogP contribution < -0.4 is 14.2 Å². The summed E-state index contributed by atoms with van der Waals surface area (Å²) in [5.74, 6) is -1.44. The Morgan fingerprint density at radius 1 is 1.17 bits per heavy atom.